The highest BCUT2D eigenvalue weighted by molar-refractivity contribution is 6.31. The first-order valence-electron chi connectivity index (χ1n) is 4.39. The van der Waals surface area contributed by atoms with Gasteiger partial charge in [-0.3, -0.25) is 4.79 Å². The van der Waals surface area contributed by atoms with Gasteiger partial charge in [-0.05, 0) is 0 Å². The molecule has 0 fully saturated rings. The number of pyridine rings is 1. The molecule has 1 aliphatic rings. The van der Waals surface area contributed by atoms with E-state index in [1.54, 1.807) is 12.3 Å². The van der Waals surface area contributed by atoms with E-state index in [2.05, 4.69) is 23.5 Å². The number of anilines is 1. The fourth-order valence-corrected chi connectivity index (χ4v) is 1.59. The highest BCUT2D eigenvalue weighted by atomic mass is 16.5. The van der Waals surface area contributed by atoms with Gasteiger partial charge in [0, 0.05) is 16.7 Å². The Hall–Kier alpha value is -2.10. The summed E-state index contributed by atoms with van der Waals surface area (Å²) in [6, 6.07) is 0. The molecule has 0 bridgehead atoms. The Morgan fingerprint density at radius 2 is 2.33 bits per heavy atom. The molecular weight excluding hydrogens is 192 g/mol. The van der Waals surface area contributed by atoms with Crippen LogP contribution < -0.4 is 10.1 Å². The minimum atomic E-state index is -0.205. The van der Waals surface area contributed by atoms with E-state index in [4.69, 9.17) is 4.74 Å². The third kappa shape index (κ3) is 1.22. The first kappa shape index (κ1) is 9.45. The number of methoxy groups -OCH3 is 1. The molecule has 0 atom stereocenters. The summed E-state index contributed by atoms with van der Waals surface area (Å²) in [4.78, 5) is 15.4. The van der Waals surface area contributed by atoms with Crippen molar-refractivity contribution in [1.29, 1.82) is 0 Å². The van der Waals surface area contributed by atoms with Crippen molar-refractivity contribution in [2.75, 3.05) is 12.4 Å². The second kappa shape index (κ2) is 3.24. The van der Waals surface area contributed by atoms with Gasteiger partial charge in [0.15, 0.2) is 0 Å². The zero-order chi connectivity index (χ0) is 11.0. The molecule has 1 N–H and O–H groups in total. The van der Waals surface area contributed by atoms with Crippen molar-refractivity contribution >= 4 is 23.2 Å². The minimum absolute atomic E-state index is 0.205. The van der Waals surface area contributed by atoms with Crippen LogP contribution in [0.15, 0.2) is 19.4 Å². The Bertz CT molecular complexity index is 478. The van der Waals surface area contributed by atoms with Gasteiger partial charge in [-0.25, -0.2) is 4.98 Å². The fraction of sp³-hybridized carbons (Fsp3) is 0.0909. The summed E-state index contributed by atoms with van der Waals surface area (Å²) < 4.78 is 5.08. The molecule has 0 aromatic carbocycles. The SMILES string of the molecule is C=Cc1c(OC)ncc2c1C(=C)C(=O)N2. The van der Waals surface area contributed by atoms with E-state index in [0.29, 0.717) is 22.7 Å². The molecule has 4 nitrogen and oxygen atoms in total. The Morgan fingerprint density at radius 1 is 1.60 bits per heavy atom. The van der Waals surface area contributed by atoms with Crippen molar-refractivity contribution in [2.45, 2.75) is 0 Å². The summed E-state index contributed by atoms with van der Waals surface area (Å²) in [6.45, 7) is 7.39. The first-order valence-corrected chi connectivity index (χ1v) is 4.39. The molecule has 76 valence electrons. The number of carbonyl (C=O) groups excluding carboxylic acids is 1. The van der Waals surface area contributed by atoms with Crippen molar-refractivity contribution < 1.29 is 9.53 Å². The largest absolute Gasteiger partial charge is 0.481 e. The minimum Gasteiger partial charge on any atom is -0.481 e. The topological polar surface area (TPSA) is 51.2 Å². The van der Waals surface area contributed by atoms with Crippen molar-refractivity contribution in [1.82, 2.24) is 4.98 Å². The molecule has 4 heteroatoms. The predicted molar refractivity (Wildman–Crippen MR) is 58.5 cm³/mol. The van der Waals surface area contributed by atoms with Gasteiger partial charge in [0.05, 0.1) is 19.0 Å². The van der Waals surface area contributed by atoms with Crippen LogP contribution >= 0.6 is 0 Å². The van der Waals surface area contributed by atoms with Gasteiger partial charge in [0.25, 0.3) is 5.91 Å². The molecule has 0 unspecified atom stereocenters. The zero-order valence-corrected chi connectivity index (χ0v) is 8.33. The van der Waals surface area contributed by atoms with Crippen LogP contribution in [0.25, 0.3) is 11.6 Å². The third-order valence-electron chi connectivity index (χ3n) is 2.30. The van der Waals surface area contributed by atoms with Crippen molar-refractivity contribution in [2.24, 2.45) is 0 Å². The van der Waals surface area contributed by atoms with Gasteiger partial charge < -0.3 is 10.1 Å². The summed E-state index contributed by atoms with van der Waals surface area (Å²) >= 11 is 0. The molecule has 0 saturated carbocycles. The number of aromatic nitrogens is 1. The van der Waals surface area contributed by atoms with Crippen LogP contribution in [-0.2, 0) is 4.79 Å². The summed E-state index contributed by atoms with van der Waals surface area (Å²) in [5, 5.41) is 2.67. The lowest BCUT2D eigenvalue weighted by molar-refractivity contribution is -0.110. The van der Waals surface area contributed by atoms with E-state index in [-0.39, 0.29) is 5.91 Å². The highest BCUT2D eigenvalue weighted by Gasteiger charge is 2.26. The van der Waals surface area contributed by atoms with E-state index >= 15 is 0 Å². The number of rotatable bonds is 2. The summed E-state index contributed by atoms with van der Waals surface area (Å²) in [5.41, 5.74) is 2.49. The number of amides is 1. The van der Waals surface area contributed by atoms with Gasteiger partial charge in [-0.1, -0.05) is 19.2 Å². The number of hydrogen-bond acceptors (Lipinski definition) is 3. The van der Waals surface area contributed by atoms with Gasteiger partial charge >= 0.3 is 0 Å². The molecule has 0 spiro atoms. The second-order valence-electron chi connectivity index (χ2n) is 3.11. The van der Waals surface area contributed by atoms with Crippen molar-refractivity contribution in [3.05, 3.63) is 30.5 Å². The smallest absolute Gasteiger partial charge is 0.255 e. The van der Waals surface area contributed by atoms with E-state index in [1.165, 1.54) is 7.11 Å². The lowest BCUT2D eigenvalue weighted by atomic mass is 10.0. The third-order valence-corrected chi connectivity index (χ3v) is 2.30. The lowest BCUT2D eigenvalue weighted by Crippen LogP contribution is -2.02. The van der Waals surface area contributed by atoms with Gasteiger partial charge in [0.2, 0.25) is 5.88 Å². The van der Waals surface area contributed by atoms with Crippen LogP contribution in [0.4, 0.5) is 5.69 Å². The van der Waals surface area contributed by atoms with Crippen LogP contribution in [0.2, 0.25) is 0 Å². The molecule has 2 heterocycles. The monoisotopic (exact) mass is 202 g/mol. The Balaban J connectivity index is 2.72. The van der Waals surface area contributed by atoms with Crippen LogP contribution in [0.3, 0.4) is 0 Å². The van der Waals surface area contributed by atoms with Gasteiger partial charge in [-0.15, -0.1) is 0 Å². The van der Waals surface area contributed by atoms with Crippen LogP contribution in [-0.4, -0.2) is 18.0 Å². The number of ether oxygens (including phenoxy) is 1. The summed E-state index contributed by atoms with van der Waals surface area (Å²) in [6.07, 6.45) is 3.16. The molecular formula is C11H10N2O2. The quantitative estimate of drug-likeness (QED) is 0.742. The predicted octanol–water partition coefficient (Wildman–Crippen LogP) is 1.70. The summed E-state index contributed by atoms with van der Waals surface area (Å²) in [5.74, 6) is 0.240. The van der Waals surface area contributed by atoms with Gasteiger partial charge in [-0.2, -0.15) is 0 Å². The van der Waals surface area contributed by atoms with E-state index < -0.39 is 0 Å². The Kier molecular flexibility index (Phi) is 2.04. The molecule has 1 amide bonds. The Labute approximate surface area is 87.3 Å². The van der Waals surface area contributed by atoms with Crippen LogP contribution in [0.1, 0.15) is 11.1 Å². The maximum absolute atomic E-state index is 11.4. The standard InChI is InChI=1S/C11H10N2O2/c1-4-7-9-6(2)10(14)13-8(9)5-12-11(7)15-3/h4-5H,1-2H2,3H3,(H,13,14). The van der Waals surface area contributed by atoms with Gasteiger partial charge in [0.1, 0.15) is 0 Å². The maximum Gasteiger partial charge on any atom is 0.255 e. The van der Waals surface area contributed by atoms with E-state index in [0.717, 1.165) is 5.56 Å². The fourth-order valence-electron chi connectivity index (χ4n) is 1.59. The van der Waals surface area contributed by atoms with Crippen molar-refractivity contribution in [3.63, 3.8) is 0 Å². The molecule has 2 rings (SSSR count). The molecule has 0 saturated heterocycles. The molecule has 1 aliphatic heterocycles. The second-order valence-corrected chi connectivity index (χ2v) is 3.11. The van der Waals surface area contributed by atoms with Crippen LogP contribution in [0.5, 0.6) is 5.88 Å². The van der Waals surface area contributed by atoms with E-state index in [1.807, 2.05) is 0 Å². The lowest BCUT2D eigenvalue weighted by Gasteiger charge is -2.07. The van der Waals surface area contributed by atoms with Crippen molar-refractivity contribution in [3.8, 4) is 5.88 Å². The molecule has 15 heavy (non-hydrogen) atoms. The van der Waals surface area contributed by atoms with Crippen LogP contribution in [0, 0.1) is 0 Å². The molecule has 1 aromatic rings. The first-order chi connectivity index (χ1) is 7.19. The summed E-state index contributed by atoms with van der Waals surface area (Å²) in [7, 11) is 1.52. The highest BCUT2D eigenvalue weighted by Crippen LogP contribution is 2.37. The molecule has 0 aliphatic carbocycles. The Morgan fingerprint density at radius 3 is 2.93 bits per heavy atom. The number of hydrogen-bond donors (Lipinski definition) is 1. The number of fused-ring (bicyclic) bond motifs is 1. The maximum atomic E-state index is 11.4. The average molecular weight is 202 g/mol. The number of carbonyl (C=O) groups is 1. The number of nitrogens with one attached hydrogen (secondary N) is 1. The normalized spacial score (nSPS) is 13.4. The average Bonchev–Trinajstić information content (AvgIpc) is 2.54. The molecule has 1 aromatic heterocycles. The molecule has 0 radical (unpaired) electrons. The zero-order valence-electron chi connectivity index (χ0n) is 8.33. The number of nitrogens with zero attached hydrogens (tertiary/aromatic N) is 1. The van der Waals surface area contributed by atoms with E-state index in [9.17, 15) is 4.79 Å².